The number of terminal acetylenes is 1. The fraction of sp³-hybridized carbons (Fsp3) is 0.100. The Kier molecular flexibility index (Phi) is 6.60. The summed E-state index contributed by atoms with van der Waals surface area (Å²) in [6.45, 7) is -4.91. The first kappa shape index (κ1) is 15.9. The van der Waals surface area contributed by atoms with Crippen LogP contribution in [0, 0.1) is 12.3 Å². The minimum absolute atomic E-state index is 0. The molecule has 0 radical (unpaired) electrons. The normalized spacial score (nSPS) is 10.1. The van der Waals surface area contributed by atoms with Crippen LogP contribution in [0.1, 0.15) is 21.5 Å². The zero-order chi connectivity index (χ0) is 11.5. The van der Waals surface area contributed by atoms with E-state index >= 15 is 0 Å². The summed E-state index contributed by atoms with van der Waals surface area (Å²) in [7, 11) is 0. The Morgan fingerprint density at radius 1 is 1.31 bits per heavy atom. The average molecular weight is 250 g/mol. The standard InChI is InChI=1S/C10H7BF3O.K/c1-2-8-3-9(6-11(12,13)14)5-10(4-8)7-15;/h1,3-5,7H,6H2;/q-1;+1. The molecule has 0 N–H and O–H groups in total. The van der Waals surface area contributed by atoms with Gasteiger partial charge in [-0.3, -0.25) is 4.79 Å². The molecule has 0 heterocycles. The van der Waals surface area contributed by atoms with Crippen molar-refractivity contribution in [2.45, 2.75) is 6.32 Å². The van der Waals surface area contributed by atoms with E-state index in [1.165, 1.54) is 18.2 Å². The van der Waals surface area contributed by atoms with E-state index in [0.717, 1.165) is 0 Å². The van der Waals surface area contributed by atoms with Crippen LogP contribution in [0.5, 0.6) is 0 Å². The molecule has 1 rings (SSSR count). The van der Waals surface area contributed by atoms with Gasteiger partial charge in [0.2, 0.25) is 0 Å². The van der Waals surface area contributed by atoms with Gasteiger partial charge in [0, 0.05) is 11.1 Å². The molecule has 1 aromatic carbocycles. The van der Waals surface area contributed by atoms with E-state index in [9.17, 15) is 17.7 Å². The van der Waals surface area contributed by atoms with Gasteiger partial charge in [-0.15, -0.1) is 6.42 Å². The van der Waals surface area contributed by atoms with Crippen molar-refractivity contribution in [1.82, 2.24) is 0 Å². The van der Waals surface area contributed by atoms with E-state index in [2.05, 4.69) is 5.92 Å². The van der Waals surface area contributed by atoms with Gasteiger partial charge in [0.1, 0.15) is 6.29 Å². The third-order valence-corrected chi connectivity index (χ3v) is 1.79. The Balaban J connectivity index is 0.00000225. The van der Waals surface area contributed by atoms with Crippen LogP contribution in [0.15, 0.2) is 18.2 Å². The second kappa shape index (κ2) is 6.62. The second-order valence-electron chi connectivity index (χ2n) is 3.14. The fourth-order valence-electron chi connectivity index (χ4n) is 1.25. The van der Waals surface area contributed by atoms with Gasteiger partial charge in [0.25, 0.3) is 0 Å². The molecule has 6 heteroatoms. The number of carbonyl (C=O) groups excluding carboxylic acids is 1. The molecule has 0 aliphatic rings. The monoisotopic (exact) mass is 250 g/mol. The van der Waals surface area contributed by atoms with Gasteiger partial charge in [-0.1, -0.05) is 23.9 Å². The van der Waals surface area contributed by atoms with Gasteiger partial charge >= 0.3 is 58.4 Å². The summed E-state index contributed by atoms with van der Waals surface area (Å²) in [5.41, 5.74) is 0.482. The van der Waals surface area contributed by atoms with Crippen molar-refractivity contribution in [3.8, 4) is 12.3 Å². The van der Waals surface area contributed by atoms with Gasteiger partial charge < -0.3 is 12.9 Å². The summed E-state index contributed by atoms with van der Waals surface area (Å²) in [5, 5.41) is 0. The van der Waals surface area contributed by atoms with Gasteiger partial charge in [0.05, 0.1) is 0 Å². The maximum absolute atomic E-state index is 12.1. The number of hydrogen-bond donors (Lipinski definition) is 0. The third kappa shape index (κ3) is 5.32. The first-order valence-electron chi connectivity index (χ1n) is 4.21. The minimum atomic E-state index is -4.91. The van der Waals surface area contributed by atoms with Crippen LogP contribution in [0.2, 0.25) is 0 Å². The molecule has 0 spiro atoms. The van der Waals surface area contributed by atoms with Gasteiger partial charge in [-0.2, -0.15) is 0 Å². The first-order valence-corrected chi connectivity index (χ1v) is 4.21. The van der Waals surface area contributed by atoms with E-state index in [4.69, 9.17) is 6.42 Å². The molecule has 0 saturated carbocycles. The van der Waals surface area contributed by atoms with E-state index in [0.29, 0.717) is 6.29 Å². The number of hydrogen-bond acceptors (Lipinski definition) is 1. The topological polar surface area (TPSA) is 17.1 Å². The Morgan fingerprint density at radius 2 is 1.94 bits per heavy atom. The quantitative estimate of drug-likeness (QED) is 0.398. The smallest absolute Gasteiger partial charge is 0.449 e. The summed E-state index contributed by atoms with van der Waals surface area (Å²) >= 11 is 0. The van der Waals surface area contributed by atoms with Crippen LogP contribution >= 0.6 is 0 Å². The van der Waals surface area contributed by atoms with Crippen molar-refractivity contribution in [3.05, 3.63) is 34.9 Å². The first-order chi connectivity index (χ1) is 6.94. The zero-order valence-electron chi connectivity index (χ0n) is 8.71. The van der Waals surface area contributed by atoms with Gasteiger partial charge in [-0.05, 0) is 12.1 Å². The minimum Gasteiger partial charge on any atom is -0.449 e. The molecule has 0 atom stereocenters. The molecular weight excluding hydrogens is 243 g/mol. The van der Waals surface area contributed by atoms with Crippen LogP contribution in [0.3, 0.4) is 0 Å². The molecule has 1 aromatic rings. The molecule has 0 bridgehead atoms. The summed E-state index contributed by atoms with van der Waals surface area (Å²) in [6.07, 6.45) is 4.53. The Morgan fingerprint density at radius 3 is 2.38 bits per heavy atom. The number of benzene rings is 1. The molecule has 0 aliphatic heterocycles. The molecule has 78 valence electrons. The molecule has 0 aromatic heterocycles. The molecule has 0 saturated heterocycles. The third-order valence-electron chi connectivity index (χ3n) is 1.79. The molecule has 0 fully saturated rings. The molecule has 1 nitrogen and oxygen atoms in total. The summed E-state index contributed by atoms with van der Waals surface area (Å²) in [4.78, 5) is 10.4. The van der Waals surface area contributed by atoms with E-state index < -0.39 is 13.3 Å². The Labute approximate surface area is 134 Å². The van der Waals surface area contributed by atoms with E-state index in [1.54, 1.807) is 0 Å². The molecule has 0 unspecified atom stereocenters. The zero-order valence-corrected chi connectivity index (χ0v) is 11.8. The molecule has 0 amide bonds. The molecular formula is C10H7BF3KO. The summed E-state index contributed by atoms with van der Waals surface area (Å²) in [6, 6.07) is 3.84. The second-order valence-corrected chi connectivity index (χ2v) is 3.14. The van der Waals surface area contributed by atoms with Gasteiger partial charge in [-0.25, -0.2) is 0 Å². The number of rotatable bonds is 3. The van der Waals surface area contributed by atoms with Crippen molar-refractivity contribution in [3.63, 3.8) is 0 Å². The van der Waals surface area contributed by atoms with Crippen LogP contribution in [0.4, 0.5) is 12.9 Å². The Hall–Kier alpha value is -0.0587. The average Bonchev–Trinajstić information content (AvgIpc) is 2.14. The van der Waals surface area contributed by atoms with Gasteiger partial charge in [0.15, 0.2) is 0 Å². The largest absolute Gasteiger partial charge is 1.00 e. The van der Waals surface area contributed by atoms with Crippen molar-refractivity contribution in [2.24, 2.45) is 0 Å². The van der Waals surface area contributed by atoms with Crippen LogP contribution in [0.25, 0.3) is 0 Å². The van der Waals surface area contributed by atoms with Crippen molar-refractivity contribution in [2.75, 3.05) is 0 Å². The summed E-state index contributed by atoms with van der Waals surface area (Å²) in [5.74, 6) is 2.21. The Bertz CT molecular complexity index is 423. The van der Waals surface area contributed by atoms with Crippen molar-refractivity contribution < 1.29 is 69.1 Å². The number of halogens is 3. The predicted molar refractivity (Wildman–Crippen MR) is 52.5 cm³/mol. The number of aldehydes is 1. The summed E-state index contributed by atoms with van der Waals surface area (Å²) < 4.78 is 36.4. The van der Waals surface area contributed by atoms with Crippen molar-refractivity contribution in [1.29, 1.82) is 0 Å². The fourth-order valence-corrected chi connectivity index (χ4v) is 1.25. The van der Waals surface area contributed by atoms with Crippen LogP contribution in [-0.2, 0) is 6.32 Å². The van der Waals surface area contributed by atoms with Crippen LogP contribution in [-0.4, -0.2) is 13.3 Å². The van der Waals surface area contributed by atoms with Crippen molar-refractivity contribution >= 4 is 13.3 Å². The molecule has 16 heavy (non-hydrogen) atoms. The SMILES string of the molecule is C#Cc1cc(C=O)cc(C[B-](F)(F)F)c1.[K+]. The predicted octanol–water partition coefficient (Wildman–Crippen LogP) is -0.587. The maximum Gasteiger partial charge on any atom is 1.00 e. The van der Waals surface area contributed by atoms with Crippen LogP contribution < -0.4 is 51.4 Å². The van der Waals surface area contributed by atoms with E-state index in [1.807, 2.05) is 0 Å². The maximum atomic E-state index is 12.1. The number of carbonyl (C=O) groups is 1. The van der Waals surface area contributed by atoms with E-state index in [-0.39, 0.29) is 68.1 Å². The molecule has 0 aliphatic carbocycles.